The number of hydrogen-bond donors (Lipinski definition) is 1. The fourth-order valence-corrected chi connectivity index (χ4v) is 3.99. The molecular weight excluding hydrogens is 402 g/mol. The number of nitrogens with zero attached hydrogens (tertiary/aromatic N) is 2. The maximum Gasteiger partial charge on any atom is 0.269 e. The minimum atomic E-state index is -0.508. The van der Waals surface area contributed by atoms with Crippen molar-refractivity contribution in [1.29, 1.82) is 0 Å². The Labute approximate surface area is 181 Å². The van der Waals surface area contributed by atoms with Crippen molar-refractivity contribution in [2.45, 2.75) is 31.6 Å². The summed E-state index contributed by atoms with van der Waals surface area (Å²) in [6.45, 7) is 2.36. The number of hydrogen-bond acceptors (Lipinski definition) is 5. The number of nitrogens with one attached hydrogen (secondary N) is 1. The lowest BCUT2D eigenvalue weighted by molar-refractivity contribution is -0.384. The van der Waals surface area contributed by atoms with E-state index in [0.29, 0.717) is 25.1 Å². The summed E-state index contributed by atoms with van der Waals surface area (Å²) in [5, 5.41) is 13.4. The molecule has 7 nitrogen and oxygen atoms in total. The minimum absolute atomic E-state index is 0.0447. The second kappa shape index (κ2) is 12.0. The Kier molecular flexibility index (Phi) is 9.34. The quantitative estimate of drug-likeness (QED) is 0.436. The Balaban J connectivity index is 1.99. The third-order valence-corrected chi connectivity index (χ3v) is 5.75. The van der Waals surface area contributed by atoms with E-state index in [0.717, 1.165) is 11.1 Å². The number of nitro groups is 1. The molecule has 2 rings (SSSR count). The fraction of sp³-hybridized carbons (Fsp3) is 0.364. The first kappa shape index (κ1) is 23.4. The highest BCUT2D eigenvalue weighted by Gasteiger charge is 2.27. The average Bonchev–Trinajstić information content (AvgIpc) is 2.77. The van der Waals surface area contributed by atoms with Crippen molar-refractivity contribution < 1.29 is 14.5 Å². The van der Waals surface area contributed by atoms with Crippen LogP contribution in [0, 0.1) is 10.1 Å². The molecule has 0 saturated heterocycles. The van der Waals surface area contributed by atoms with Gasteiger partial charge in [0.05, 0.1) is 10.7 Å². The Morgan fingerprint density at radius 1 is 1.10 bits per heavy atom. The van der Waals surface area contributed by atoms with Crippen LogP contribution in [0.1, 0.15) is 24.5 Å². The van der Waals surface area contributed by atoms with Crippen LogP contribution >= 0.6 is 11.8 Å². The molecule has 0 aliphatic rings. The van der Waals surface area contributed by atoms with Gasteiger partial charge in [0.1, 0.15) is 6.04 Å². The second-order valence-corrected chi connectivity index (χ2v) is 7.76. The van der Waals surface area contributed by atoms with Gasteiger partial charge in [-0.3, -0.25) is 19.7 Å². The smallest absolute Gasteiger partial charge is 0.269 e. The summed E-state index contributed by atoms with van der Waals surface area (Å²) in [6.07, 6.45) is 1.21. The van der Waals surface area contributed by atoms with Gasteiger partial charge >= 0.3 is 0 Å². The van der Waals surface area contributed by atoms with Crippen molar-refractivity contribution in [3.05, 3.63) is 75.8 Å². The highest BCUT2D eigenvalue weighted by Crippen LogP contribution is 2.18. The summed E-state index contributed by atoms with van der Waals surface area (Å²) in [6, 6.07) is 15.7. The minimum Gasteiger partial charge on any atom is -0.357 e. The van der Waals surface area contributed by atoms with Crippen LogP contribution in [0.4, 0.5) is 5.69 Å². The molecule has 1 unspecified atom stereocenters. The molecule has 8 heteroatoms. The highest BCUT2D eigenvalue weighted by atomic mass is 32.2. The molecule has 2 amide bonds. The van der Waals surface area contributed by atoms with Gasteiger partial charge in [-0.15, -0.1) is 11.8 Å². The van der Waals surface area contributed by atoms with Crippen LogP contribution in [-0.4, -0.2) is 47.0 Å². The van der Waals surface area contributed by atoms with Gasteiger partial charge < -0.3 is 10.2 Å². The molecule has 30 heavy (non-hydrogen) atoms. The number of non-ortho nitro benzene ring substituents is 1. The molecule has 0 aliphatic heterocycles. The van der Waals surface area contributed by atoms with Crippen LogP contribution < -0.4 is 5.32 Å². The number of carbonyl (C=O) groups excluding carboxylic acids is 2. The molecular formula is C22H27N3O4S. The van der Waals surface area contributed by atoms with Gasteiger partial charge in [0, 0.05) is 31.5 Å². The standard InChI is InChI=1S/C22H27N3O4S/c1-3-20(22(27)23-2)24(14-13-17-7-5-4-6-8-17)21(26)16-30-15-18-9-11-19(12-10-18)25(28)29/h4-12,20H,3,13-16H2,1-2H3,(H,23,27). The number of amides is 2. The fourth-order valence-electron chi connectivity index (χ4n) is 3.12. The molecule has 0 aliphatic carbocycles. The largest absolute Gasteiger partial charge is 0.357 e. The maximum atomic E-state index is 13.0. The number of nitro benzene ring substituents is 1. The van der Waals surface area contributed by atoms with Gasteiger partial charge in [0.2, 0.25) is 11.8 Å². The van der Waals surface area contributed by atoms with Gasteiger partial charge in [-0.2, -0.15) is 0 Å². The third-order valence-electron chi connectivity index (χ3n) is 4.76. The molecule has 0 radical (unpaired) electrons. The first-order valence-electron chi connectivity index (χ1n) is 9.82. The molecule has 0 saturated carbocycles. The number of rotatable bonds is 11. The van der Waals surface area contributed by atoms with Gasteiger partial charge in [-0.05, 0) is 24.0 Å². The normalized spacial score (nSPS) is 11.5. The van der Waals surface area contributed by atoms with Crippen LogP contribution in [0.2, 0.25) is 0 Å². The molecule has 0 aromatic heterocycles. The third kappa shape index (κ3) is 6.88. The number of benzene rings is 2. The number of carbonyl (C=O) groups is 2. The predicted molar refractivity (Wildman–Crippen MR) is 119 cm³/mol. The van der Waals surface area contributed by atoms with E-state index in [-0.39, 0.29) is 23.3 Å². The first-order valence-corrected chi connectivity index (χ1v) is 11.0. The van der Waals surface area contributed by atoms with Crippen molar-refractivity contribution >= 4 is 29.3 Å². The van der Waals surface area contributed by atoms with Crippen LogP contribution in [-0.2, 0) is 21.8 Å². The van der Waals surface area contributed by atoms with Crippen molar-refractivity contribution in [3.63, 3.8) is 0 Å². The Morgan fingerprint density at radius 2 is 1.77 bits per heavy atom. The van der Waals surface area contributed by atoms with Crippen LogP contribution in [0.15, 0.2) is 54.6 Å². The summed E-state index contributed by atoms with van der Waals surface area (Å²) in [5.41, 5.74) is 2.07. The van der Waals surface area contributed by atoms with E-state index in [2.05, 4.69) is 5.32 Å². The zero-order valence-electron chi connectivity index (χ0n) is 17.2. The molecule has 0 bridgehead atoms. The highest BCUT2D eigenvalue weighted by molar-refractivity contribution is 7.99. The van der Waals surface area contributed by atoms with E-state index in [9.17, 15) is 19.7 Å². The van der Waals surface area contributed by atoms with Crippen LogP contribution in [0.25, 0.3) is 0 Å². The average molecular weight is 430 g/mol. The van der Waals surface area contributed by atoms with Crippen LogP contribution in [0.5, 0.6) is 0 Å². The first-order chi connectivity index (χ1) is 14.5. The van der Waals surface area contributed by atoms with Gasteiger partial charge in [-0.1, -0.05) is 49.4 Å². The number of likely N-dealkylation sites (N-methyl/N-ethyl adjacent to an activating group) is 1. The van der Waals surface area contributed by atoms with E-state index in [4.69, 9.17) is 0 Å². The molecule has 2 aromatic rings. The summed E-state index contributed by atoms with van der Waals surface area (Å²) in [4.78, 5) is 37.2. The zero-order chi connectivity index (χ0) is 21.9. The monoisotopic (exact) mass is 429 g/mol. The topological polar surface area (TPSA) is 92.6 Å². The second-order valence-electron chi connectivity index (χ2n) is 6.78. The van der Waals surface area contributed by atoms with E-state index < -0.39 is 11.0 Å². The van der Waals surface area contributed by atoms with Crippen molar-refractivity contribution in [1.82, 2.24) is 10.2 Å². The van der Waals surface area contributed by atoms with Gasteiger partial charge in [0.15, 0.2) is 0 Å². The van der Waals surface area contributed by atoms with Crippen molar-refractivity contribution in [3.8, 4) is 0 Å². The lowest BCUT2D eigenvalue weighted by Crippen LogP contribution is -2.50. The maximum absolute atomic E-state index is 13.0. The summed E-state index contributed by atoms with van der Waals surface area (Å²) in [5.74, 6) is 0.541. The van der Waals surface area contributed by atoms with E-state index in [1.165, 1.54) is 23.9 Å². The molecule has 1 N–H and O–H groups in total. The Morgan fingerprint density at radius 3 is 2.33 bits per heavy atom. The lowest BCUT2D eigenvalue weighted by atomic mass is 10.1. The molecule has 160 valence electrons. The molecule has 0 spiro atoms. The van der Waals surface area contributed by atoms with Crippen molar-refractivity contribution in [2.24, 2.45) is 0 Å². The molecule has 0 heterocycles. The molecule has 0 fully saturated rings. The molecule has 2 aromatic carbocycles. The van der Waals surface area contributed by atoms with Crippen molar-refractivity contribution in [2.75, 3.05) is 19.3 Å². The van der Waals surface area contributed by atoms with E-state index in [1.807, 2.05) is 37.3 Å². The summed E-state index contributed by atoms with van der Waals surface area (Å²) < 4.78 is 0. The summed E-state index contributed by atoms with van der Waals surface area (Å²) >= 11 is 1.43. The predicted octanol–water partition coefficient (Wildman–Crippen LogP) is 3.42. The SMILES string of the molecule is CCC(C(=O)NC)N(CCc1ccccc1)C(=O)CSCc1ccc([N+](=O)[O-])cc1. The van der Waals surface area contributed by atoms with Gasteiger partial charge in [0.25, 0.3) is 5.69 Å². The summed E-state index contributed by atoms with van der Waals surface area (Å²) in [7, 11) is 1.58. The zero-order valence-corrected chi connectivity index (χ0v) is 18.1. The molecule has 1 atom stereocenters. The number of thioether (sulfide) groups is 1. The van der Waals surface area contributed by atoms with Crippen LogP contribution in [0.3, 0.4) is 0 Å². The van der Waals surface area contributed by atoms with E-state index >= 15 is 0 Å². The lowest BCUT2D eigenvalue weighted by Gasteiger charge is -2.30. The van der Waals surface area contributed by atoms with E-state index in [1.54, 1.807) is 24.1 Å². The van der Waals surface area contributed by atoms with Gasteiger partial charge in [-0.25, -0.2) is 0 Å². The Hall–Kier alpha value is -2.87. The Bertz CT molecular complexity index is 843.